The number of aromatic nitrogens is 3. The summed E-state index contributed by atoms with van der Waals surface area (Å²) in [4.78, 5) is 22.6. The lowest BCUT2D eigenvalue weighted by Crippen LogP contribution is -2.39. The van der Waals surface area contributed by atoms with E-state index in [1.54, 1.807) is 15.5 Å². The highest BCUT2D eigenvalue weighted by atomic mass is 35.5. The van der Waals surface area contributed by atoms with Gasteiger partial charge in [0.25, 0.3) is 5.91 Å². The third-order valence-electron chi connectivity index (χ3n) is 6.96. The number of fused-ring (bicyclic) bond motifs is 1. The van der Waals surface area contributed by atoms with Crippen LogP contribution in [0.1, 0.15) is 53.3 Å². The first kappa shape index (κ1) is 25.4. The number of halogens is 1. The van der Waals surface area contributed by atoms with Gasteiger partial charge in [-0.15, -0.1) is 12.3 Å². The SMILES string of the molecule is C#CC1CCN(c2nc3cc([C@@H]4CCCCN4C(=O)c4cc(Cl)ccc4NS(C)(=O)=O)nn3cc2C)C1. The van der Waals surface area contributed by atoms with Crippen LogP contribution in [-0.2, 0) is 10.0 Å². The average Bonchev–Trinajstić information content (AvgIpc) is 3.50. The Morgan fingerprint density at radius 2 is 2.03 bits per heavy atom. The lowest BCUT2D eigenvalue weighted by molar-refractivity contribution is 0.0607. The van der Waals surface area contributed by atoms with E-state index in [4.69, 9.17) is 28.1 Å². The Hall–Kier alpha value is -3.29. The summed E-state index contributed by atoms with van der Waals surface area (Å²) in [6, 6.07) is 6.23. The Bertz CT molecular complexity index is 1510. The predicted molar refractivity (Wildman–Crippen MR) is 144 cm³/mol. The number of hydrogen-bond acceptors (Lipinski definition) is 6. The van der Waals surface area contributed by atoms with E-state index in [2.05, 4.69) is 15.5 Å². The fourth-order valence-electron chi connectivity index (χ4n) is 5.21. The van der Waals surface area contributed by atoms with E-state index in [0.717, 1.165) is 62.1 Å². The maximum Gasteiger partial charge on any atom is 0.256 e. The molecule has 1 aromatic carbocycles. The molecule has 2 fully saturated rings. The zero-order chi connectivity index (χ0) is 26.3. The van der Waals surface area contributed by atoms with Gasteiger partial charge in [0, 0.05) is 48.4 Å². The molecule has 0 spiro atoms. The summed E-state index contributed by atoms with van der Waals surface area (Å²) in [5.41, 5.74) is 2.88. The van der Waals surface area contributed by atoms with E-state index in [0.29, 0.717) is 17.2 Å². The fourth-order valence-corrected chi connectivity index (χ4v) is 5.96. The number of anilines is 2. The highest BCUT2D eigenvalue weighted by molar-refractivity contribution is 7.92. The number of benzene rings is 1. The molecule has 2 aliphatic heterocycles. The molecule has 11 heteroatoms. The summed E-state index contributed by atoms with van der Waals surface area (Å²) in [5, 5.41) is 5.15. The largest absolute Gasteiger partial charge is 0.355 e. The van der Waals surface area contributed by atoms with Crippen molar-refractivity contribution in [3.63, 3.8) is 0 Å². The molecule has 2 saturated heterocycles. The quantitative estimate of drug-likeness (QED) is 0.493. The van der Waals surface area contributed by atoms with E-state index in [9.17, 15) is 13.2 Å². The number of hydrogen-bond donors (Lipinski definition) is 1. The molecular weight excluding hydrogens is 512 g/mol. The normalized spacial score (nSPS) is 20.3. The zero-order valence-corrected chi connectivity index (χ0v) is 22.4. The minimum absolute atomic E-state index is 0.203. The van der Waals surface area contributed by atoms with Crippen LogP contribution in [0.2, 0.25) is 5.02 Å². The number of nitrogens with zero attached hydrogens (tertiary/aromatic N) is 5. The van der Waals surface area contributed by atoms with Crippen LogP contribution in [0, 0.1) is 25.2 Å². The smallest absolute Gasteiger partial charge is 0.256 e. The number of amides is 1. The molecule has 4 heterocycles. The van der Waals surface area contributed by atoms with Crippen molar-refractivity contribution in [2.24, 2.45) is 5.92 Å². The highest BCUT2D eigenvalue weighted by Crippen LogP contribution is 2.34. The number of carbonyl (C=O) groups excluding carboxylic acids is 1. The molecule has 1 amide bonds. The third kappa shape index (κ3) is 5.24. The second kappa shape index (κ2) is 9.88. The van der Waals surface area contributed by atoms with Crippen LogP contribution >= 0.6 is 11.6 Å². The van der Waals surface area contributed by atoms with E-state index in [1.165, 1.54) is 12.1 Å². The topological polar surface area (TPSA) is 99.9 Å². The molecule has 1 unspecified atom stereocenters. The monoisotopic (exact) mass is 540 g/mol. The molecule has 194 valence electrons. The highest BCUT2D eigenvalue weighted by Gasteiger charge is 2.32. The van der Waals surface area contributed by atoms with Gasteiger partial charge < -0.3 is 9.80 Å². The summed E-state index contributed by atoms with van der Waals surface area (Å²) in [7, 11) is -3.58. The van der Waals surface area contributed by atoms with Crippen molar-refractivity contribution in [1.29, 1.82) is 0 Å². The summed E-state index contributed by atoms with van der Waals surface area (Å²) >= 11 is 6.19. The van der Waals surface area contributed by atoms with Crippen LogP contribution in [0.15, 0.2) is 30.5 Å². The van der Waals surface area contributed by atoms with Crippen molar-refractivity contribution in [3.8, 4) is 12.3 Å². The second-order valence-corrected chi connectivity index (χ2v) is 12.0. The molecule has 0 bridgehead atoms. The van der Waals surface area contributed by atoms with Crippen LogP contribution in [0.4, 0.5) is 11.5 Å². The van der Waals surface area contributed by atoms with Crippen molar-refractivity contribution in [3.05, 3.63) is 52.3 Å². The van der Waals surface area contributed by atoms with Crippen LogP contribution in [0.3, 0.4) is 0 Å². The molecule has 0 saturated carbocycles. The number of piperidine rings is 1. The second-order valence-electron chi connectivity index (χ2n) is 9.79. The molecule has 3 aromatic rings. The minimum Gasteiger partial charge on any atom is -0.355 e. The van der Waals surface area contributed by atoms with Gasteiger partial charge in [-0.1, -0.05) is 11.6 Å². The third-order valence-corrected chi connectivity index (χ3v) is 7.79. The molecule has 0 radical (unpaired) electrons. The Labute approximate surface area is 221 Å². The zero-order valence-electron chi connectivity index (χ0n) is 20.8. The average molecular weight is 541 g/mol. The molecule has 37 heavy (non-hydrogen) atoms. The van der Waals surface area contributed by atoms with Crippen LogP contribution in [0.5, 0.6) is 0 Å². The summed E-state index contributed by atoms with van der Waals surface area (Å²) < 4.78 is 28.0. The standard InChI is InChI=1S/C26H29ClN6O3S/c1-4-18-10-12-31(16-18)25-17(2)15-33-24(28-25)14-22(29-33)23-7-5-6-11-32(23)26(34)20-13-19(27)8-9-21(20)30-37(3,35)36/h1,8-9,13-15,18,23,30H,5-7,10-12,16H2,2-3H3/t18?,23-/m0/s1. The number of likely N-dealkylation sites (tertiary alicyclic amines) is 1. The number of aryl methyl sites for hydroxylation is 1. The molecule has 2 aliphatic rings. The Morgan fingerprint density at radius 1 is 1.22 bits per heavy atom. The number of carbonyl (C=O) groups is 1. The first-order valence-electron chi connectivity index (χ1n) is 12.3. The van der Waals surface area contributed by atoms with Gasteiger partial charge in [0.15, 0.2) is 5.65 Å². The van der Waals surface area contributed by atoms with Gasteiger partial charge >= 0.3 is 0 Å². The van der Waals surface area contributed by atoms with Gasteiger partial charge in [0.1, 0.15) is 5.82 Å². The van der Waals surface area contributed by atoms with E-state index in [-0.39, 0.29) is 29.1 Å². The van der Waals surface area contributed by atoms with Gasteiger partial charge in [-0.25, -0.2) is 17.9 Å². The summed E-state index contributed by atoms with van der Waals surface area (Å²) in [6.07, 6.45) is 12.1. The molecule has 5 rings (SSSR count). The lowest BCUT2D eigenvalue weighted by Gasteiger charge is -2.35. The van der Waals surface area contributed by atoms with E-state index < -0.39 is 10.0 Å². The molecule has 0 aliphatic carbocycles. The van der Waals surface area contributed by atoms with Crippen molar-refractivity contribution < 1.29 is 13.2 Å². The van der Waals surface area contributed by atoms with Gasteiger partial charge in [0.05, 0.1) is 29.2 Å². The first-order valence-corrected chi connectivity index (χ1v) is 14.6. The van der Waals surface area contributed by atoms with E-state index >= 15 is 0 Å². The summed E-state index contributed by atoms with van der Waals surface area (Å²) in [6.45, 7) is 4.20. The van der Waals surface area contributed by atoms with E-state index in [1.807, 2.05) is 19.2 Å². The van der Waals surface area contributed by atoms with Crippen LogP contribution < -0.4 is 9.62 Å². The van der Waals surface area contributed by atoms with Crippen molar-refractivity contribution >= 4 is 44.7 Å². The Balaban J connectivity index is 1.48. The number of terminal acetylenes is 1. The fraction of sp³-hybridized carbons (Fsp3) is 0.423. The molecule has 1 N–H and O–H groups in total. The summed E-state index contributed by atoms with van der Waals surface area (Å²) in [5.74, 6) is 3.69. The number of rotatable bonds is 5. The lowest BCUT2D eigenvalue weighted by atomic mass is 9.98. The number of nitrogens with one attached hydrogen (secondary N) is 1. The number of sulfonamides is 1. The maximum atomic E-state index is 13.8. The molecule has 2 aromatic heterocycles. The molecular formula is C26H29ClN6O3S. The Kier molecular flexibility index (Phi) is 6.77. The van der Waals surface area contributed by atoms with Gasteiger partial charge in [0.2, 0.25) is 10.0 Å². The Morgan fingerprint density at radius 3 is 2.76 bits per heavy atom. The minimum atomic E-state index is -3.58. The predicted octanol–water partition coefficient (Wildman–Crippen LogP) is 3.89. The van der Waals surface area contributed by atoms with Crippen LogP contribution in [0.25, 0.3) is 5.65 Å². The van der Waals surface area contributed by atoms with Gasteiger partial charge in [-0.2, -0.15) is 5.10 Å². The van der Waals surface area contributed by atoms with Crippen molar-refractivity contribution in [1.82, 2.24) is 19.5 Å². The molecule has 9 nitrogen and oxygen atoms in total. The van der Waals surface area contributed by atoms with Gasteiger partial charge in [-0.05, 0) is 50.8 Å². The van der Waals surface area contributed by atoms with Crippen LogP contribution in [-0.4, -0.2) is 59.7 Å². The first-order chi connectivity index (χ1) is 17.6. The van der Waals surface area contributed by atoms with Crippen molar-refractivity contribution in [2.45, 2.75) is 38.6 Å². The van der Waals surface area contributed by atoms with Crippen molar-refractivity contribution in [2.75, 3.05) is 35.5 Å². The maximum absolute atomic E-state index is 13.8. The molecule has 2 atom stereocenters. The van der Waals surface area contributed by atoms with Gasteiger partial charge in [-0.3, -0.25) is 9.52 Å².